The number of hydrogen-bond acceptors (Lipinski definition) is 2. The predicted molar refractivity (Wildman–Crippen MR) is 56.2 cm³/mol. The molecule has 1 heterocycles. The van der Waals surface area contributed by atoms with Gasteiger partial charge in [-0.2, -0.15) is 0 Å². The fraction of sp³-hybridized carbons (Fsp3) is 0.727. The van der Waals surface area contributed by atoms with Crippen molar-refractivity contribution in [3.8, 4) is 0 Å². The van der Waals surface area contributed by atoms with Crippen LogP contribution in [0, 0.1) is 5.92 Å². The third-order valence-corrected chi connectivity index (χ3v) is 2.94. The Morgan fingerprint density at radius 3 is 2.86 bits per heavy atom. The van der Waals surface area contributed by atoms with Crippen molar-refractivity contribution < 1.29 is 9.90 Å². The molecule has 1 saturated heterocycles. The Morgan fingerprint density at radius 2 is 2.29 bits per heavy atom. The number of nitrogens with zero attached hydrogens (tertiary/aromatic N) is 1. The van der Waals surface area contributed by atoms with Gasteiger partial charge in [-0.3, -0.25) is 9.69 Å². The van der Waals surface area contributed by atoms with Gasteiger partial charge >= 0.3 is 5.97 Å². The number of carboxylic acid groups (broad SMARTS) is 1. The Kier molecular flexibility index (Phi) is 4.14. The number of piperidine rings is 1. The average Bonchev–Trinajstić information content (AvgIpc) is 2.16. The number of rotatable bonds is 3. The second kappa shape index (κ2) is 5.15. The van der Waals surface area contributed by atoms with Gasteiger partial charge in [-0.15, -0.1) is 0 Å². The molecule has 14 heavy (non-hydrogen) atoms. The molecule has 0 saturated carbocycles. The van der Waals surface area contributed by atoms with Crippen molar-refractivity contribution in [3.63, 3.8) is 0 Å². The predicted octanol–water partition coefficient (Wildman–Crippen LogP) is 1.75. The fourth-order valence-corrected chi connectivity index (χ4v) is 1.88. The molecule has 0 amide bonds. The van der Waals surface area contributed by atoms with Gasteiger partial charge in [0.2, 0.25) is 0 Å². The summed E-state index contributed by atoms with van der Waals surface area (Å²) in [4.78, 5) is 13.1. The molecule has 0 aromatic rings. The van der Waals surface area contributed by atoms with Crippen LogP contribution in [0.4, 0.5) is 0 Å². The zero-order valence-corrected chi connectivity index (χ0v) is 8.94. The van der Waals surface area contributed by atoms with Crippen molar-refractivity contribution in [1.29, 1.82) is 0 Å². The van der Waals surface area contributed by atoms with E-state index in [0.717, 1.165) is 19.4 Å². The van der Waals surface area contributed by atoms with Crippen LogP contribution in [0.25, 0.3) is 0 Å². The second-order valence-electron chi connectivity index (χ2n) is 3.98. The van der Waals surface area contributed by atoms with Gasteiger partial charge in [-0.1, -0.05) is 12.2 Å². The molecular formula is C11H19NO2. The van der Waals surface area contributed by atoms with Crippen LogP contribution in [-0.2, 0) is 4.79 Å². The molecule has 0 radical (unpaired) electrons. The molecule has 2 unspecified atom stereocenters. The summed E-state index contributed by atoms with van der Waals surface area (Å²) < 4.78 is 0. The van der Waals surface area contributed by atoms with Crippen LogP contribution in [0.15, 0.2) is 12.2 Å². The lowest BCUT2D eigenvalue weighted by atomic mass is 9.93. The van der Waals surface area contributed by atoms with Crippen molar-refractivity contribution in [1.82, 2.24) is 4.90 Å². The molecule has 1 N–H and O–H groups in total. The van der Waals surface area contributed by atoms with Crippen LogP contribution in [0.2, 0.25) is 0 Å². The SMILES string of the molecule is C/C=C/CN1CC(C(=O)O)CCC1C. The summed E-state index contributed by atoms with van der Waals surface area (Å²) >= 11 is 0. The summed E-state index contributed by atoms with van der Waals surface area (Å²) in [6, 6.07) is 0.516. The molecule has 0 aromatic heterocycles. The minimum atomic E-state index is -0.651. The summed E-state index contributed by atoms with van der Waals surface area (Å²) in [5.74, 6) is -0.821. The van der Waals surface area contributed by atoms with E-state index in [1.54, 1.807) is 0 Å². The normalized spacial score (nSPS) is 29.6. The lowest BCUT2D eigenvalue weighted by molar-refractivity contribution is -0.144. The highest BCUT2D eigenvalue weighted by atomic mass is 16.4. The maximum atomic E-state index is 10.8. The minimum absolute atomic E-state index is 0.170. The van der Waals surface area contributed by atoms with Gasteiger partial charge in [0, 0.05) is 19.1 Å². The molecule has 1 fully saturated rings. The van der Waals surface area contributed by atoms with Crippen molar-refractivity contribution in [2.75, 3.05) is 13.1 Å². The van der Waals surface area contributed by atoms with Crippen LogP contribution in [0.5, 0.6) is 0 Å². The molecule has 0 bridgehead atoms. The Labute approximate surface area is 85.4 Å². The second-order valence-corrected chi connectivity index (χ2v) is 3.98. The lowest BCUT2D eigenvalue weighted by Crippen LogP contribution is -2.44. The molecule has 2 atom stereocenters. The first-order chi connectivity index (χ1) is 6.65. The van der Waals surface area contributed by atoms with Gasteiger partial charge in [0.15, 0.2) is 0 Å². The molecule has 1 aliphatic rings. The van der Waals surface area contributed by atoms with Crippen LogP contribution in [-0.4, -0.2) is 35.1 Å². The topological polar surface area (TPSA) is 40.5 Å². The maximum Gasteiger partial charge on any atom is 0.307 e. The van der Waals surface area contributed by atoms with Crippen molar-refractivity contribution >= 4 is 5.97 Å². The maximum absolute atomic E-state index is 10.8. The molecule has 1 aliphatic heterocycles. The smallest absolute Gasteiger partial charge is 0.307 e. The zero-order valence-electron chi connectivity index (χ0n) is 8.94. The number of carboxylic acids is 1. The van der Waals surface area contributed by atoms with Gasteiger partial charge in [0.1, 0.15) is 0 Å². The first-order valence-electron chi connectivity index (χ1n) is 5.23. The van der Waals surface area contributed by atoms with E-state index in [9.17, 15) is 4.79 Å². The third kappa shape index (κ3) is 2.84. The summed E-state index contributed by atoms with van der Waals surface area (Å²) in [6.45, 7) is 5.73. The van der Waals surface area contributed by atoms with E-state index in [-0.39, 0.29) is 5.92 Å². The molecule has 80 valence electrons. The molecule has 3 nitrogen and oxygen atoms in total. The van der Waals surface area contributed by atoms with Crippen LogP contribution < -0.4 is 0 Å². The van der Waals surface area contributed by atoms with Crippen LogP contribution >= 0.6 is 0 Å². The number of allylic oxidation sites excluding steroid dienone is 1. The molecule has 0 aromatic carbocycles. The van der Waals surface area contributed by atoms with Gasteiger partial charge in [0.25, 0.3) is 0 Å². The van der Waals surface area contributed by atoms with E-state index in [1.165, 1.54) is 0 Å². The highest BCUT2D eigenvalue weighted by molar-refractivity contribution is 5.70. The van der Waals surface area contributed by atoms with Crippen molar-refractivity contribution in [3.05, 3.63) is 12.2 Å². The minimum Gasteiger partial charge on any atom is -0.481 e. The molecular weight excluding hydrogens is 178 g/mol. The highest BCUT2D eigenvalue weighted by Gasteiger charge is 2.28. The summed E-state index contributed by atoms with van der Waals surface area (Å²) in [6.07, 6.45) is 5.91. The van der Waals surface area contributed by atoms with E-state index >= 15 is 0 Å². The summed E-state index contributed by atoms with van der Waals surface area (Å²) in [7, 11) is 0. The van der Waals surface area contributed by atoms with E-state index < -0.39 is 5.97 Å². The Morgan fingerprint density at radius 1 is 1.57 bits per heavy atom. The Bertz CT molecular complexity index is 225. The highest BCUT2D eigenvalue weighted by Crippen LogP contribution is 2.21. The number of likely N-dealkylation sites (tertiary alicyclic amines) is 1. The fourth-order valence-electron chi connectivity index (χ4n) is 1.88. The first kappa shape index (κ1) is 11.2. The Hall–Kier alpha value is -0.830. The van der Waals surface area contributed by atoms with E-state index in [0.29, 0.717) is 12.6 Å². The average molecular weight is 197 g/mol. The van der Waals surface area contributed by atoms with Gasteiger partial charge in [0.05, 0.1) is 5.92 Å². The van der Waals surface area contributed by atoms with Crippen LogP contribution in [0.3, 0.4) is 0 Å². The number of aliphatic carboxylic acids is 1. The van der Waals surface area contributed by atoms with E-state index in [4.69, 9.17) is 5.11 Å². The largest absolute Gasteiger partial charge is 0.481 e. The molecule has 1 rings (SSSR count). The Balaban J connectivity index is 2.50. The molecule has 0 spiro atoms. The number of carbonyl (C=O) groups is 1. The first-order valence-corrected chi connectivity index (χ1v) is 5.23. The van der Waals surface area contributed by atoms with Gasteiger partial charge in [-0.05, 0) is 26.7 Å². The summed E-state index contributed by atoms with van der Waals surface area (Å²) in [5.41, 5.74) is 0. The molecule has 0 aliphatic carbocycles. The number of hydrogen-bond donors (Lipinski definition) is 1. The third-order valence-electron chi connectivity index (χ3n) is 2.94. The van der Waals surface area contributed by atoms with E-state index in [2.05, 4.69) is 17.9 Å². The molecule has 3 heteroatoms. The summed E-state index contributed by atoms with van der Waals surface area (Å²) in [5, 5.41) is 8.92. The van der Waals surface area contributed by atoms with E-state index in [1.807, 2.05) is 13.0 Å². The van der Waals surface area contributed by atoms with Crippen LogP contribution in [0.1, 0.15) is 26.7 Å². The van der Waals surface area contributed by atoms with Gasteiger partial charge in [-0.25, -0.2) is 0 Å². The quantitative estimate of drug-likeness (QED) is 0.701. The lowest BCUT2D eigenvalue weighted by Gasteiger charge is -2.35. The van der Waals surface area contributed by atoms with Crippen molar-refractivity contribution in [2.24, 2.45) is 5.92 Å². The monoisotopic (exact) mass is 197 g/mol. The van der Waals surface area contributed by atoms with Gasteiger partial charge < -0.3 is 5.11 Å². The zero-order chi connectivity index (χ0) is 10.6. The standard InChI is InChI=1S/C11H19NO2/c1-3-4-7-12-8-10(11(13)14)6-5-9(12)2/h3-4,9-10H,5-8H2,1-2H3,(H,13,14)/b4-3+. The van der Waals surface area contributed by atoms with Crippen molar-refractivity contribution in [2.45, 2.75) is 32.7 Å².